The second kappa shape index (κ2) is 10.2. The van der Waals surface area contributed by atoms with E-state index in [1.165, 1.54) is 0 Å². The van der Waals surface area contributed by atoms with Crippen molar-refractivity contribution in [1.82, 2.24) is 5.43 Å². The summed E-state index contributed by atoms with van der Waals surface area (Å²) < 4.78 is 5.44. The topological polar surface area (TPSA) is 79.8 Å². The van der Waals surface area contributed by atoms with Crippen LogP contribution in [0.1, 0.15) is 22.8 Å². The maximum absolute atomic E-state index is 12.2. The van der Waals surface area contributed by atoms with Crippen LogP contribution in [-0.2, 0) is 4.79 Å². The number of anilines is 1. The number of ether oxygens (including phenoxy) is 1. The Morgan fingerprint density at radius 1 is 0.933 bits per heavy atom. The van der Waals surface area contributed by atoms with Gasteiger partial charge in [0.2, 0.25) is 0 Å². The van der Waals surface area contributed by atoms with Crippen LogP contribution in [0, 0.1) is 0 Å². The number of nitrogens with one attached hydrogen (secondary N) is 2. The number of carbonyl (C=O) groups excluding carboxylic acids is 2. The average molecular weight is 422 g/mol. The molecule has 0 atom stereocenters. The number of para-hydroxylation sites is 1. The normalized spacial score (nSPS) is 10.9. The molecular weight excluding hydrogens is 402 g/mol. The molecule has 0 radical (unpaired) electrons. The Kier molecular flexibility index (Phi) is 7.19. The number of amides is 2. The molecule has 0 fully saturated rings. The van der Waals surface area contributed by atoms with Crippen LogP contribution in [0.3, 0.4) is 0 Å². The Balaban J connectivity index is 1.59. The highest BCUT2D eigenvalue weighted by Gasteiger charge is 2.07. The van der Waals surface area contributed by atoms with E-state index in [2.05, 4.69) is 15.8 Å². The van der Waals surface area contributed by atoms with Gasteiger partial charge in [-0.15, -0.1) is 0 Å². The molecule has 0 heterocycles. The molecule has 0 bridgehead atoms. The first-order valence-electron chi connectivity index (χ1n) is 9.19. The van der Waals surface area contributed by atoms with Crippen molar-refractivity contribution in [2.24, 2.45) is 5.10 Å². The highest BCUT2D eigenvalue weighted by molar-refractivity contribution is 6.31. The van der Waals surface area contributed by atoms with Gasteiger partial charge in [0, 0.05) is 16.3 Å². The third-order valence-corrected chi connectivity index (χ3v) is 4.32. The van der Waals surface area contributed by atoms with E-state index in [1.807, 2.05) is 24.3 Å². The highest BCUT2D eigenvalue weighted by Crippen LogP contribution is 2.13. The Morgan fingerprint density at radius 2 is 1.67 bits per heavy atom. The average Bonchev–Trinajstić information content (AvgIpc) is 2.76. The van der Waals surface area contributed by atoms with Crippen molar-refractivity contribution in [1.29, 1.82) is 0 Å². The lowest BCUT2D eigenvalue weighted by Crippen LogP contribution is -2.20. The van der Waals surface area contributed by atoms with Crippen molar-refractivity contribution in [3.63, 3.8) is 0 Å². The van der Waals surface area contributed by atoms with Gasteiger partial charge in [0.25, 0.3) is 11.8 Å². The largest absolute Gasteiger partial charge is 0.484 e. The summed E-state index contributed by atoms with van der Waals surface area (Å²) in [6.07, 6.45) is 0. The Labute approximate surface area is 179 Å². The molecule has 0 unspecified atom stereocenters. The van der Waals surface area contributed by atoms with Crippen molar-refractivity contribution in [2.45, 2.75) is 6.92 Å². The van der Waals surface area contributed by atoms with Gasteiger partial charge in [-0.3, -0.25) is 9.59 Å². The van der Waals surface area contributed by atoms with Crippen LogP contribution in [0.25, 0.3) is 0 Å². The van der Waals surface area contributed by atoms with E-state index in [4.69, 9.17) is 16.3 Å². The zero-order valence-corrected chi connectivity index (χ0v) is 17.0. The van der Waals surface area contributed by atoms with Gasteiger partial charge < -0.3 is 10.1 Å². The number of carbonyl (C=O) groups is 2. The zero-order chi connectivity index (χ0) is 21.3. The van der Waals surface area contributed by atoms with E-state index < -0.39 is 0 Å². The van der Waals surface area contributed by atoms with Crippen LogP contribution in [0.4, 0.5) is 5.69 Å². The van der Waals surface area contributed by atoms with Crippen LogP contribution in [0.2, 0.25) is 5.02 Å². The minimum absolute atomic E-state index is 0.100. The van der Waals surface area contributed by atoms with Gasteiger partial charge in [-0.05, 0) is 55.0 Å². The summed E-state index contributed by atoms with van der Waals surface area (Å²) in [5, 5.41) is 7.39. The van der Waals surface area contributed by atoms with E-state index in [0.717, 1.165) is 5.56 Å². The number of hydrogen-bond donors (Lipinski definition) is 2. The molecule has 0 aromatic heterocycles. The van der Waals surface area contributed by atoms with Gasteiger partial charge in [-0.25, -0.2) is 5.43 Å². The van der Waals surface area contributed by atoms with Crippen molar-refractivity contribution in [2.75, 3.05) is 11.9 Å². The van der Waals surface area contributed by atoms with Crippen LogP contribution in [-0.4, -0.2) is 24.1 Å². The summed E-state index contributed by atoms with van der Waals surface area (Å²) in [7, 11) is 0. The number of rotatable bonds is 7. The fourth-order valence-corrected chi connectivity index (χ4v) is 2.77. The highest BCUT2D eigenvalue weighted by atomic mass is 35.5. The molecule has 7 heteroatoms. The third kappa shape index (κ3) is 6.18. The van der Waals surface area contributed by atoms with Gasteiger partial charge in [-0.2, -0.15) is 5.10 Å². The zero-order valence-electron chi connectivity index (χ0n) is 16.3. The monoisotopic (exact) mass is 421 g/mol. The van der Waals surface area contributed by atoms with Crippen molar-refractivity contribution < 1.29 is 14.3 Å². The van der Waals surface area contributed by atoms with E-state index in [0.29, 0.717) is 27.7 Å². The standard InChI is InChI=1S/C23H20ClN3O3/c1-16(26-27-23(29)18-8-5-9-19(24)13-18)17-7-6-10-20(14-17)25-22(28)15-30-21-11-3-2-4-12-21/h2-14H,15H2,1H3,(H,25,28)(H,27,29)/b26-16-. The summed E-state index contributed by atoms with van der Waals surface area (Å²) in [5.74, 6) is -0.0148. The summed E-state index contributed by atoms with van der Waals surface area (Å²) in [6, 6.07) is 22.9. The van der Waals surface area contributed by atoms with Crippen LogP contribution in [0.5, 0.6) is 5.75 Å². The summed E-state index contributed by atoms with van der Waals surface area (Å²) in [4.78, 5) is 24.3. The molecular formula is C23H20ClN3O3. The maximum atomic E-state index is 12.2. The lowest BCUT2D eigenvalue weighted by atomic mass is 10.1. The number of benzene rings is 3. The SMILES string of the molecule is C/C(=N/NC(=O)c1cccc(Cl)c1)c1cccc(NC(=O)COc2ccccc2)c1. The maximum Gasteiger partial charge on any atom is 0.271 e. The first kappa shape index (κ1) is 21.1. The fourth-order valence-electron chi connectivity index (χ4n) is 2.58. The molecule has 2 amide bonds. The Bertz CT molecular complexity index is 1070. The first-order valence-corrected chi connectivity index (χ1v) is 9.57. The summed E-state index contributed by atoms with van der Waals surface area (Å²) in [6.45, 7) is 1.66. The lowest BCUT2D eigenvalue weighted by Gasteiger charge is -2.09. The van der Waals surface area contributed by atoms with Crippen LogP contribution >= 0.6 is 11.6 Å². The lowest BCUT2D eigenvalue weighted by molar-refractivity contribution is -0.118. The smallest absolute Gasteiger partial charge is 0.271 e. The number of nitrogens with zero attached hydrogens (tertiary/aromatic N) is 1. The Morgan fingerprint density at radius 3 is 2.43 bits per heavy atom. The number of hydrazone groups is 1. The summed E-state index contributed by atoms with van der Waals surface area (Å²) >= 11 is 5.90. The van der Waals surface area contributed by atoms with Crippen LogP contribution < -0.4 is 15.5 Å². The van der Waals surface area contributed by atoms with E-state index in [-0.39, 0.29) is 18.4 Å². The molecule has 3 aromatic carbocycles. The van der Waals surface area contributed by atoms with Gasteiger partial charge in [0.15, 0.2) is 6.61 Å². The predicted octanol–water partition coefficient (Wildman–Crippen LogP) is 4.51. The molecule has 0 aliphatic heterocycles. The molecule has 0 saturated carbocycles. The Hall–Kier alpha value is -3.64. The van der Waals surface area contributed by atoms with Gasteiger partial charge in [-0.1, -0.05) is 48.0 Å². The molecule has 2 N–H and O–H groups in total. The van der Waals surface area contributed by atoms with Gasteiger partial charge in [0.05, 0.1) is 5.71 Å². The number of hydrogen-bond acceptors (Lipinski definition) is 4. The number of halogens is 1. The molecule has 0 aliphatic carbocycles. The molecule has 0 aliphatic rings. The molecule has 6 nitrogen and oxygen atoms in total. The molecule has 152 valence electrons. The third-order valence-electron chi connectivity index (χ3n) is 4.09. The van der Waals surface area contributed by atoms with Crippen molar-refractivity contribution in [3.05, 3.63) is 95.0 Å². The molecule has 3 aromatic rings. The van der Waals surface area contributed by atoms with Gasteiger partial charge >= 0.3 is 0 Å². The minimum atomic E-state index is -0.362. The fraction of sp³-hybridized carbons (Fsp3) is 0.0870. The van der Waals surface area contributed by atoms with Gasteiger partial charge in [0.1, 0.15) is 5.75 Å². The second-order valence-corrected chi connectivity index (χ2v) is 6.82. The van der Waals surface area contributed by atoms with E-state index in [9.17, 15) is 9.59 Å². The molecule has 3 rings (SSSR count). The second-order valence-electron chi connectivity index (χ2n) is 6.38. The van der Waals surface area contributed by atoms with Crippen LogP contribution in [0.15, 0.2) is 84.0 Å². The minimum Gasteiger partial charge on any atom is -0.484 e. The summed E-state index contributed by atoms with van der Waals surface area (Å²) in [5.41, 5.74) is 4.86. The molecule has 30 heavy (non-hydrogen) atoms. The predicted molar refractivity (Wildman–Crippen MR) is 118 cm³/mol. The van der Waals surface area contributed by atoms with Crippen molar-refractivity contribution in [3.8, 4) is 5.75 Å². The van der Waals surface area contributed by atoms with Crippen molar-refractivity contribution >= 4 is 34.8 Å². The van der Waals surface area contributed by atoms with E-state index >= 15 is 0 Å². The first-order chi connectivity index (χ1) is 14.5. The van der Waals surface area contributed by atoms with E-state index in [1.54, 1.807) is 61.5 Å². The molecule has 0 spiro atoms. The molecule has 0 saturated heterocycles. The quantitative estimate of drug-likeness (QED) is 0.435.